The summed E-state index contributed by atoms with van der Waals surface area (Å²) in [7, 11) is -3.16. The molecule has 0 aliphatic heterocycles. The first-order valence-corrected chi connectivity index (χ1v) is 10.3. The number of halogens is 2. The SMILES string of the molecule is CS(=O)(=O)c1ccc(C2CCCC2c2ccc(Cl)cc2Cl)cc1. The average molecular weight is 369 g/mol. The van der Waals surface area contributed by atoms with E-state index in [1.807, 2.05) is 24.3 Å². The Bertz CT molecular complexity index is 813. The van der Waals surface area contributed by atoms with Crippen molar-refractivity contribution in [2.75, 3.05) is 6.26 Å². The summed E-state index contributed by atoms with van der Waals surface area (Å²) in [5, 5.41) is 1.35. The highest BCUT2D eigenvalue weighted by atomic mass is 35.5. The zero-order valence-electron chi connectivity index (χ0n) is 12.8. The summed E-state index contributed by atoms with van der Waals surface area (Å²) in [5.41, 5.74) is 2.30. The molecule has 2 atom stereocenters. The van der Waals surface area contributed by atoms with Crippen LogP contribution in [0.2, 0.25) is 10.0 Å². The van der Waals surface area contributed by atoms with Crippen LogP contribution in [0.25, 0.3) is 0 Å². The maximum absolute atomic E-state index is 11.6. The monoisotopic (exact) mass is 368 g/mol. The van der Waals surface area contributed by atoms with E-state index in [2.05, 4.69) is 0 Å². The van der Waals surface area contributed by atoms with Gasteiger partial charge in [0.1, 0.15) is 0 Å². The first-order valence-electron chi connectivity index (χ1n) is 7.61. The number of hydrogen-bond acceptors (Lipinski definition) is 2. The molecule has 122 valence electrons. The molecule has 0 spiro atoms. The molecule has 23 heavy (non-hydrogen) atoms. The van der Waals surface area contributed by atoms with Gasteiger partial charge in [-0.1, -0.05) is 47.8 Å². The van der Waals surface area contributed by atoms with Crippen LogP contribution >= 0.6 is 23.2 Å². The second-order valence-electron chi connectivity index (χ2n) is 6.15. The lowest BCUT2D eigenvalue weighted by molar-refractivity contribution is 0.601. The van der Waals surface area contributed by atoms with Crippen molar-refractivity contribution < 1.29 is 8.42 Å². The molecule has 0 bridgehead atoms. The molecule has 1 saturated carbocycles. The summed E-state index contributed by atoms with van der Waals surface area (Å²) in [6, 6.07) is 12.9. The summed E-state index contributed by atoms with van der Waals surface area (Å²) >= 11 is 12.4. The van der Waals surface area contributed by atoms with Gasteiger partial charge in [-0.25, -0.2) is 8.42 Å². The molecule has 0 N–H and O–H groups in total. The highest BCUT2D eigenvalue weighted by Crippen LogP contribution is 2.48. The average Bonchev–Trinajstić information content (AvgIpc) is 2.95. The molecule has 0 aromatic heterocycles. The van der Waals surface area contributed by atoms with Crippen molar-refractivity contribution in [2.45, 2.75) is 36.0 Å². The largest absolute Gasteiger partial charge is 0.224 e. The quantitative estimate of drug-likeness (QED) is 0.721. The van der Waals surface area contributed by atoms with Crippen LogP contribution in [0.3, 0.4) is 0 Å². The molecule has 3 rings (SSSR count). The van der Waals surface area contributed by atoms with Crippen LogP contribution in [0.15, 0.2) is 47.4 Å². The molecule has 0 saturated heterocycles. The van der Waals surface area contributed by atoms with E-state index in [0.717, 1.165) is 24.8 Å². The molecule has 1 aliphatic carbocycles. The number of hydrogen-bond donors (Lipinski definition) is 0. The van der Waals surface area contributed by atoms with Gasteiger partial charge in [-0.15, -0.1) is 0 Å². The molecule has 0 heterocycles. The Labute approximate surface area is 147 Å². The van der Waals surface area contributed by atoms with Crippen LogP contribution < -0.4 is 0 Å². The van der Waals surface area contributed by atoms with Crippen molar-refractivity contribution in [2.24, 2.45) is 0 Å². The first-order chi connectivity index (χ1) is 10.9. The minimum absolute atomic E-state index is 0.351. The van der Waals surface area contributed by atoms with Gasteiger partial charge in [0.25, 0.3) is 0 Å². The van der Waals surface area contributed by atoms with Gasteiger partial charge in [0, 0.05) is 16.3 Å². The standard InChI is InChI=1S/C18H18Cl2O2S/c1-23(21,22)14-8-5-12(6-9-14)15-3-2-4-16(15)17-10-7-13(19)11-18(17)20/h5-11,15-16H,2-4H2,1H3. The third kappa shape index (κ3) is 3.57. The lowest BCUT2D eigenvalue weighted by Gasteiger charge is -2.22. The molecule has 1 fully saturated rings. The highest BCUT2D eigenvalue weighted by molar-refractivity contribution is 7.90. The Balaban J connectivity index is 1.92. The van der Waals surface area contributed by atoms with Gasteiger partial charge in [0.2, 0.25) is 0 Å². The first kappa shape index (κ1) is 16.8. The molecule has 2 unspecified atom stereocenters. The fourth-order valence-electron chi connectivity index (χ4n) is 3.50. The van der Waals surface area contributed by atoms with Gasteiger partial charge >= 0.3 is 0 Å². The van der Waals surface area contributed by atoms with Gasteiger partial charge in [-0.3, -0.25) is 0 Å². The number of sulfone groups is 1. The van der Waals surface area contributed by atoms with Gasteiger partial charge in [-0.2, -0.15) is 0 Å². The second-order valence-corrected chi connectivity index (χ2v) is 9.01. The van der Waals surface area contributed by atoms with E-state index < -0.39 is 9.84 Å². The van der Waals surface area contributed by atoms with Gasteiger partial charge < -0.3 is 0 Å². The van der Waals surface area contributed by atoms with E-state index in [1.165, 1.54) is 11.8 Å². The third-order valence-electron chi connectivity index (χ3n) is 4.61. The predicted octanol–water partition coefficient (Wildman–Crippen LogP) is 5.45. The van der Waals surface area contributed by atoms with E-state index >= 15 is 0 Å². The fourth-order valence-corrected chi connectivity index (χ4v) is 4.67. The molecular formula is C18H18Cl2O2S. The Hall–Kier alpha value is -1.03. The van der Waals surface area contributed by atoms with Crippen LogP contribution in [0, 0.1) is 0 Å². The third-order valence-corrected chi connectivity index (χ3v) is 6.31. The smallest absolute Gasteiger partial charge is 0.175 e. The van der Waals surface area contributed by atoms with Crippen LogP contribution in [0.1, 0.15) is 42.2 Å². The van der Waals surface area contributed by atoms with Gasteiger partial charge in [-0.05, 0) is 60.1 Å². The summed E-state index contributed by atoms with van der Waals surface area (Å²) in [6.45, 7) is 0. The zero-order chi connectivity index (χ0) is 16.6. The summed E-state index contributed by atoms with van der Waals surface area (Å²) in [5.74, 6) is 0.714. The maximum Gasteiger partial charge on any atom is 0.175 e. The summed E-state index contributed by atoms with van der Waals surface area (Å²) in [4.78, 5) is 0.361. The Morgan fingerprint density at radius 3 is 2.22 bits per heavy atom. The minimum atomic E-state index is -3.16. The normalized spacial score (nSPS) is 21.5. The molecule has 0 radical (unpaired) electrons. The van der Waals surface area contributed by atoms with E-state index in [-0.39, 0.29) is 0 Å². The highest BCUT2D eigenvalue weighted by Gasteiger charge is 2.31. The Morgan fingerprint density at radius 1 is 0.957 bits per heavy atom. The van der Waals surface area contributed by atoms with Gasteiger partial charge in [0.15, 0.2) is 9.84 Å². The number of rotatable bonds is 3. The molecule has 0 amide bonds. The molecule has 5 heteroatoms. The van der Waals surface area contributed by atoms with Crippen molar-refractivity contribution in [3.05, 3.63) is 63.6 Å². The van der Waals surface area contributed by atoms with Crippen LogP contribution in [0.5, 0.6) is 0 Å². The minimum Gasteiger partial charge on any atom is -0.224 e. The lowest BCUT2D eigenvalue weighted by atomic mass is 9.84. The van der Waals surface area contributed by atoms with E-state index in [4.69, 9.17) is 23.2 Å². The number of benzene rings is 2. The molecule has 1 aliphatic rings. The van der Waals surface area contributed by atoms with Crippen LogP contribution in [-0.2, 0) is 9.84 Å². The second kappa shape index (κ2) is 6.46. The maximum atomic E-state index is 11.6. The Kier molecular flexibility index (Phi) is 4.73. The van der Waals surface area contributed by atoms with E-state index in [1.54, 1.807) is 18.2 Å². The lowest BCUT2D eigenvalue weighted by Crippen LogP contribution is -2.06. The molecule has 2 aromatic rings. The molecule has 2 aromatic carbocycles. The molecule has 2 nitrogen and oxygen atoms in total. The van der Waals surface area contributed by atoms with Crippen molar-refractivity contribution in [1.82, 2.24) is 0 Å². The summed E-state index contributed by atoms with van der Waals surface area (Å²) < 4.78 is 23.2. The van der Waals surface area contributed by atoms with E-state index in [9.17, 15) is 8.42 Å². The predicted molar refractivity (Wildman–Crippen MR) is 95.3 cm³/mol. The zero-order valence-corrected chi connectivity index (χ0v) is 15.1. The van der Waals surface area contributed by atoms with Crippen molar-refractivity contribution in [3.63, 3.8) is 0 Å². The fraction of sp³-hybridized carbons (Fsp3) is 0.333. The van der Waals surface area contributed by atoms with Crippen LogP contribution in [0.4, 0.5) is 0 Å². The molecular weight excluding hydrogens is 351 g/mol. The Morgan fingerprint density at radius 2 is 1.61 bits per heavy atom. The van der Waals surface area contributed by atoms with Gasteiger partial charge in [0.05, 0.1) is 4.90 Å². The van der Waals surface area contributed by atoms with Crippen molar-refractivity contribution >= 4 is 33.0 Å². The van der Waals surface area contributed by atoms with Crippen LogP contribution in [-0.4, -0.2) is 14.7 Å². The van der Waals surface area contributed by atoms with Crippen molar-refractivity contribution in [1.29, 1.82) is 0 Å². The summed E-state index contributed by atoms with van der Waals surface area (Å²) in [6.07, 6.45) is 4.54. The topological polar surface area (TPSA) is 34.1 Å². The van der Waals surface area contributed by atoms with Crippen molar-refractivity contribution in [3.8, 4) is 0 Å². The van der Waals surface area contributed by atoms with E-state index in [0.29, 0.717) is 26.8 Å².